The quantitative estimate of drug-likeness (QED) is 0.744. The molecule has 3 rings (SSSR count). The van der Waals surface area contributed by atoms with Crippen LogP contribution in [0.2, 0.25) is 0 Å². The summed E-state index contributed by atoms with van der Waals surface area (Å²) in [5, 5.41) is 9.50. The first-order valence-corrected chi connectivity index (χ1v) is 5.97. The standard InChI is InChI=1S/C13H9BrN2O/c14-12-11-6-1-2-7-16(11)13(15-12)9-4-3-5-10(17)8-9/h1-8,17H. The minimum absolute atomic E-state index is 0.242. The molecule has 1 N–H and O–H groups in total. The number of phenolic OH excluding ortho intramolecular Hbond substituents is 1. The number of imidazole rings is 1. The van der Waals surface area contributed by atoms with Crippen LogP contribution in [0.1, 0.15) is 0 Å². The lowest BCUT2D eigenvalue weighted by Gasteiger charge is -2.01. The maximum absolute atomic E-state index is 9.50. The first-order chi connectivity index (χ1) is 8.25. The Morgan fingerprint density at radius 3 is 2.82 bits per heavy atom. The Labute approximate surface area is 106 Å². The highest BCUT2D eigenvalue weighted by Crippen LogP contribution is 2.27. The highest BCUT2D eigenvalue weighted by molar-refractivity contribution is 9.10. The summed E-state index contributed by atoms with van der Waals surface area (Å²) >= 11 is 3.44. The first-order valence-electron chi connectivity index (χ1n) is 5.18. The summed E-state index contributed by atoms with van der Waals surface area (Å²) in [4.78, 5) is 4.47. The molecule has 0 unspecified atom stereocenters. The summed E-state index contributed by atoms with van der Waals surface area (Å²) < 4.78 is 2.79. The van der Waals surface area contributed by atoms with Gasteiger partial charge in [0.05, 0.1) is 5.52 Å². The number of halogens is 1. The number of phenols is 1. The van der Waals surface area contributed by atoms with E-state index in [1.165, 1.54) is 0 Å². The molecule has 0 atom stereocenters. The van der Waals surface area contributed by atoms with E-state index in [4.69, 9.17) is 0 Å². The number of hydrogen-bond acceptors (Lipinski definition) is 2. The van der Waals surface area contributed by atoms with Crippen LogP contribution in [-0.2, 0) is 0 Å². The number of rotatable bonds is 1. The third-order valence-electron chi connectivity index (χ3n) is 2.61. The molecule has 0 amide bonds. The zero-order chi connectivity index (χ0) is 11.8. The van der Waals surface area contributed by atoms with Gasteiger partial charge in [-0.15, -0.1) is 0 Å². The zero-order valence-electron chi connectivity index (χ0n) is 8.84. The van der Waals surface area contributed by atoms with Crippen LogP contribution in [0, 0.1) is 0 Å². The van der Waals surface area contributed by atoms with Crippen LogP contribution in [0.3, 0.4) is 0 Å². The van der Waals surface area contributed by atoms with Gasteiger partial charge >= 0.3 is 0 Å². The number of fused-ring (bicyclic) bond motifs is 1. The molecule has 0 radical (unpaired) electrons. The van der Waals surface area contributed by atoms with E-state index in [0.29, 0.717) is 0 Å². The first kappa shape index (κ1) is 10.4. The molecule has 0 bridgehead atoms. The van der Waals surface area contributed by atoms with Gasteiger partial charge in [-0.2, -0.15) is 0 Å². The lowest BCUT2D eigenvalue weighted by molar-refractivity contribution is 0.475. The van der Waals surface area contributed by atoms with Gasteiger partial charge in [-0.05, 0) is 40.2 Å². The van der Waals surface area contributed by atoms with E-state index in [2.05, 4.69) is 20.9 Å². The molecule has 0 aliphatic rings. The third kappa shape index (κ3) is 1.70. The Morgan fingerprint density at radius 1 is 1.12 bits per heavy atom. The molecule has 0 saturated carbocycles. The number of nitrogens with zero attached hydrogens (tertiary/aromatic N) is 2. The highest BCUT2D eigenvalue weighted by Gasteiger charge is 2.10. The van der Waals surface area contributed by atoms with Gasteiger partial charge in [-0.25, -0.2) is 4.98 Å². The van der Waals surface area contributed by atoms with Crippen LogP contribution in [0.5, 0.6) is 5.75 Å². The van der Waals surface area contributed by atoms with E-state index in [1.54, 1.807) is 12.1 Å². The Balaban J connectivity index is 2.31. The highest BCUT2D eigenvalue weighted by atomic mass is 79.9. The van der Waals surface area contributed by atoms with Gasteiger partial charge in [-0.1, -0.05) is 18.2 Å². The summed E-state index contributed by atoms with van der Waals surface area (Å²) in [5.41, 5.74) is 1.89. The smallest absolute Gasteiger partial charge is 0.146 e. The Hall–Kier alpha value is -1.81. The van der Waals surface area contributed by atoms with Crippen molar-refractivity contribution in [3.8, 4) is 17.1 Å². The Bertz CT molecular complexity index is 691. The molecule has 0 fully saturated rings. The summed E-state index contributed by atoms with van der Waals surface area (Å²) in [7, 11) is 0. The molecule has 2 heterocycles. The van der Waals surface area contributed by atoms with Crippen molar-refractivity contribution in [2.45, 2.75) is 0 Å². The van der Waals surface area contributed by atoms with Crippen LogP contribution in [-0.4, -0.2) is 14.5 Å². The van der Waals surface area contributed by atoms with E-state index < -0.39 is 0 Å². The lowest BCUT2D eigenvalue weighted by Crippen LogP contribution is -1.87. The van der Waals surface area contributed by atoms with Crippen molar-refractivity contribution < 1.29 is 5.11 Å². The molecule has 0 aliphatic heterocycles. The second-order valence-corrected chi connectivity index (χ2v) is 4.48. The molecule has 1 aromatic carbocycles. The molecule has 4 heteroatoms. The predicted octanol–water partition coefficient (Wildman–Crippen LogP) is 3.47. The van der Waals surface area contributed by atoms with Gasteiger partial charge in [-0.3, -0.25) is 4.40 Å². The van der Waals surface area contributed by atoms with E-state index in [-0.39, 0.29) is 5.75 Å². The normalized spacial score (nSPS) is 10.9. The number of benzene rings is 1. The van der Waals surface area contributed by atoms with E-state index >= 15 is 0 Å². The number of aromatic nitrogens is 2. The SMILES string of the molecule is Oc1cccc(-c2nc(Br)c3ccccn23)c1. The van der Waals surface area contributed by atoms with Crippen molar-refractivity contribution in [2.75, 3.05) is 0 Å². The lowest BCUT2D eigenvalue weighted by atomic mass is 10.2. The topological polar surface area (TPSA) is 37.5 Å². The van der Waals surface area contributed by atoms with Gasteiger partial charge in [0, 0.05) is 11.8 Å². The fourth-order valence-corrected chi connectivity index (χ4v) is 2.34. The fourth-order valence-electron chi connectivity index (χ4n) is 1.85. The van der Waals surface area contributed by atoms with Gasteiger partial charge in [0.25, 0.3) is 0 Å². The Kier molecular flexibility index (Phi) is 2.37. The molecule has 3 aromatic rings. The molecule has 3 nitrogen and oxygen atoms in total. The van der Waals surface area contributed by atoms with E-state index in [1.807, 2.05) is 40.9 Å². The van der Waals surface area contributed by atoms with Crippen molar-refractivity contribution >= 4 is 21.4 Å². The molecule has 0 spiro atoms. The molecular formula is C13H9BrN2O. The van der Waals surface area contributed by atoms with Crippen LogP contribution >= 0.6 is 15.9 Å². The summed E-state index contributed by atoms with van der Waals surface area (Å²) in [6, 6.07) is 13.0. The van der Waals surface area contributed by atoms with Crippen molar-refractivity contribution in [2.24, 2.45) is 0 Å². The summed E-state index contributed by atoms with van der Waals surface area (Å²) in [6.45, 7) is 0. The Morgan fingerprint density at radius 2 is 2.00 bits per heavy atom. The maximum Gasteiger partial charge on any atom is 0.146 e. The van der Waals surface area contributed by atoms with Gasteiger partial charge in [0.15, 0.2) is 0 Å². The average molecular weight is 289 g/mol. The van der Waals surface area contributed by atoms with Gasteiger partial charge in [0.2, 0.25) is 0 Å². The van der Waals surface area contributed by atoms with Crippen LogP contribution in [0.25, 0.3) is 16.9 Å². The molecule has 2 aromatic heterocycles. The van der Waals surface area contributed by atoms with Crippen LogP contribution < -0.4 is 0 Å². The minimum Gasteiger partial charge on any atom is -0.508 e. The fraction of sp³-hybridized carbons (Fsp3) is 0. The second kappa shape index (κ2) is 3.89. The van der Waals surface area contributed by atoms with E-state index in [9.17, 15) is 5.11 Å². The molecule has 0 aliphatic carbocycles. The number of pyridine rings is 1. The van der Waals surface area contributed by atoms with Crippen molar-refractivity contribution in [1.82, 2.24) is 9.38 Å². The molecule has 17 heavy (non-hydrogen) atoms. The third-order valence-corrected chi connectivity index (χ3v) is 3.19. The zero-order valence-corrected chi connectivity index (χ0v) is 10.4. The van der Waals surface area contributed by atoms with Crippen molar-refractivity contribution in [3.63, 3.8) is 0 Å². The predicted molar refractivity (Wildman–Crippen MR) is 70.0 cm³/mol. The van der Waals surface area contributed by atoms with Crippen LogP contribution in [0.15, 0.2) is 53.3 Å². The molecular weight excluding hydrogens is 280 g/mol. The average Bonchev–Trinajstić information content (AvgIpc) is 2.68. The number of hydrogen-bond donors (Lipinski definition) is 1. The molecule has 0 saturated heterocycles. The van der Waals surface area contributed by atoms with Crippen LogP contribution in [0.4, 0.5) is 0 Å². The van der Waals surface area contributed by atoms with Gasteiger partial charge in [0.1, 0.15) is 16.2 Å². The largest absolute Gasteiger partial charge is 0.508 e. The second-order valence-electron chi connectivity index (χ2n) is 3.73. The monoisotopic (exact) mass is 288 g/mol. The summed E-state index contributed by atoms with van der Waals surface area (Å²) in [5.74, 6) is 1.05. The minimum atomic E-state index is 0.242. The van der Waals surface area contributed by atoms with Gasteiger partial charge < -0.3 is 5.11 Å². The number of aromatic hydroxyl groups is 1. The van der Waals surface area contributed by atoms with Crippen molar-refractivity contribution in [1.29, 1.82) is 0 Å². The van der Waals surface area contributed by atoms with E-state index in [0.717, 1.165) is 21.5 Å². The molecule has 84 valence electrons. The maximum atomic E-state index is 9.50. The van der Waals surface area contributed by atoms with Crippen molar-refractivity contribution in [3.05, 3.63) is 53.3 Å². The summed E-state index contributed by atoms with van der Waals surface area (Å²) in [6.07, 6.45) is 1.95.